The predicted molar refractivity (Wildman–Crippen MR) is 126 cm³/mol. The van der Waals surface area contributed by atoms with Crippen LogP contribution in [0.3, 0.4) is 0 Å². The highest BCUT2D eigenvalue weighted by atomic mass is 32.2. The monoisotopic (exact) mass is 450 g/mol. The molecule has 0 bridgehead atoms. The lowest BCUT2D eigenvalue weighted by Crippen LogP contribution is -2.45. The van der Waals surface area contributed by atoms with Crippen molar-refractivity contribution in [2.24, 2.45) is 0 Å². The van der Waals surface area contributed by atoms with Gasteiger partial charge in [-0.2, -0.15) is 0 Å². The molecule has 166 valence electrons. The first kappa shape index (κ1) is 21.9. The largest absolute Gasteiger partial charge is 0.495 e. The number of para-hydroxylation sites is 1. The highest BCUT2D eigenvalue weighted by Crippen LogP contribution is 2.34. The summed E-state index contributed by atoms with van der Waals surface area (Å²) in [5.74, 6) is 0.113. The van der Waals surface area contributed by atoms with Gasteiger partial charge in [-0.1, -0.05) is 42.5 Å². The number of nitrogens with zero attached hydrogens (tertiary/aromatic N) is 2. The second-order valence-electron chi connectivity index (χ2n) is 7.78. The first-order chi connectivity index (χ1) is 15.4. The molecule has 7 heteroatoms. The Balaban J connectivity index is 1.78. The molecule has 0 aromatic heterocycles. The summed E-state index contributed by atoms with van der Waals surface area (Å²) in [5, 5.41) is 0. The maximum Gasteiger partial charge on any atom is 0.264 e. The number of amides is 1. The van der Waals surface area contributed by atoms with Gasteiger partial charge in [0.1, 0.15) is 12.3 Å². The molecule has 0 atom stereocenters. The van der Waals surface area contributed by atoms with Gasteiger partial charge in [0.25, 0.3) is 10.0 Å². The van der Waals surface area contributed by atoms with E-state index in [9.17, 15) is 13.2 Å². The molecule has 4 rings (SSSR count). The van der Waals surface area contributed by atoms with Crippen LogP contribution in [-0.2, 0) is 21.2 Å². The summed E-state index contributed by atoms with van der Waals surface area (Å²) in [5.41, 5.74) is 3.15. The summed E-state index contributed by atoms with van der Waals surface area (Å²) >= 11 is 0. The number of methoxy groups -OCH3 is 1. The quantitative estimate of drug-likeness (QED) is 0.565. The third-order valence-electron chi connectivity index (χ3n) is 5.62. The molecule has 0 fully saturated rings. The summed E-state index contributed by atoms with van der Waals surface area (Å²) in [6.45, 7) is 2.10. The van der Waals surface area contributed by atoms with Crippen LogP contribution in [0.1, 0.15) is 17.5 Å². The number of rotatable bonds is 6. The average Bonchev–Trinajstić information content (AvgIpc) is 2.82. The molecular weight excluding hydrogens is 424 g/mol. The van der Waals surface area contributed by atoms with Crippen LogP contribution in [0.2, 0.25) is 0 Å². The van der Waals surface area contributed by atoms with Crippen LogP contribution >= 0.6 is 0 Å². The Morgan fingerprint density at radius 1 is 1.03 bits per heavy atom. The van der Waals surface area contributed by atoms with Crippen LogP contribution in [0, 0.1) is 6.92 Å². The summed E-state index contributed by atoms with van der Waals surface area (Å²) in [6, 6.07) is 21.2. The van der Waals surface area contributed by atoms with Crippen molar-refractivity contribution in [3.63, 3.8) is 0 Å². The minimum absolute atomic E-state index is 0.121. The molecule has 0 saturated carbocycles. The Labute approximate surface area is 189 Å². The summed E-state index contributed by atoms with van der Waals surface area (Å²) < 4.78 is 34.0. The number of ether oxygens (including phenoxy) is 1. The zero-order valence-electron chi connectivity index (χ0n) is 18.2. The highest BCUT2D eigenvalue weighted by molar-refractivity contribution is 7.92. The van der Waals surface area contributed by atoms with Gasteiger partial charge in [-0.05, 0) is 61.2 Å². The van der Waals surface area contributed by atoms with Crippen molar-refractivity contribution < 1.29 is 17.9 Å². The van der Waals surface area contributed by atoms with Gasteiger partial charge in [-0.3, -0.25) is 9.10 Å². The average molecular weight is 451 g/mol. The van der Waals surface area contributed by atoms with E-state index < -0.39 is 10.0 Å². The molecule has 0 saturated heterocycles. The zero-order valence-corrected chi connectivity index (χ0v) is 19.0. The first-order valence-corrected chi connectivity index (χ1v) is 12.0. The fourth-order valence-electron chi connectivity index (χ4n) is 4.02. The molecule has 1 amide bonds. The zero-order chi connectivity index (χ0) is 22.7. The number of hydrogen-bond acceptors (Lipinski definition) is 4. The van der Waals surface area contributed by atoms with Gasteiger partial charge in [-0.25, -0.2) is 8.42 Å². The third kappa shape index (κ3) is 4.21. The fraction of sp³-hybridized carbons (Fsp3) is 0.240. The van der Waals surface area contributed by atoms with E-state index in [1.165, 1.54) is 19.2 Å². The van der Waals surface area contributed by atoms with Gasteiger partial charge >= 0.3 is 0 Å². The molecule has 3 aromatic rings. The second kappa shape index (κ2) is 9.04. The Kier molecular flexibility index (Phi) is 6.19. The number of benzene rings is 3. The second-order valence-corrected chi connectivity index (χ2v) is 9.64. The summed E-state index contributed by atoms with van der Waals surface area (Å²) in [4.78, 5) is 15.3. The molecule has 0 radical (unpaired) electrons. The molecule has 0 spiro atoms. The Hall–Kier alpha value is -3.32. The molecule has 1 aliphatic heterocycles. The van der Waals surface area contributed by atoms with Gasteiger partial charge in [0.05, 0.1) is 17.7 Å². The summed E-state index contributed by atoms with van der Waals surface area (Å²) in [6.07, 6.45) is 1.74. The SMILES string of the molecule is COc1ccc(C)cc1N(CC(=O)N1CCCc2ccccc21)S(=O)(=O)c1ccccc1. The van der Waals surface area contributed by atoms with Crippen LogP contribution in [0.5, 0.6) is 5.75 Å². The maximum absolute atomic E-state index is 13.7. The number of hydrogen-bond donors (Lipinski definition) is 0. The minimum Gasteiger partial charge on any atom is -0.495 e. The molecule has 32 heavy (non-hydrogen) atoms. The van der Waals surface area contributed by atoms with Crippen molar-refractivity contribution in [2.75, 3.05) is 29.4 Å². The van der Waals surface area contributed by atoms with Crippen molar-refractivity contribution in [1.82, 2.24) is 0 Å². The molecule has 6 nitrogen and oxygen atoms in total. The van der Waals surface area contributed by atoms with E-state index in [0.717, 1.165) is 34.0 Å². The molecule has 1 aliphatic rings. The van der Waals surface area contributed by atoms with E-state index >= 15 is 0 Å². The fourth-order valence-corrected chi connectivity index (χ4v) is 5.45. The Bertz CT molecular complexity index is 1230. The van der Waals surface area contributed by atoms with Crippen molar-refractivity contribution >= 4 is 27.3 Å². The van der Waals surface area contributed by atoms with Gasteiger partial charge in [0.2, 0.25) is 5.91 Å². The minimum atomic E-state index is -4.01. The molecule has 3 aromatic carbocycles. The number of sulfonamides is 1. The van der Waals surface area contributed by atoms with Gasteiger partial charge < -0.3 is 9.64 Å². The topological polar surface area (TPSA) is 66.9 Å². The van der Waals surface area contributed by atoms with Crippen molar-refractivity contribution in [3.8, 4) is 5.75 Å². The number of fused-ring (bicyclic) bond motifs is 1. The van der Waals surface area contributed by atoms with Crippen LogP contribution in [0.15, 0.2) is 77.7 Å². The number of aryl methyl sites for hydroxylation is 2. The normalized spacial score (nSPS) is 13.4. The Morgan fingerprint density at radius 3 is 2.50 bits per heavy atom. The smallest absolute Gasteiger partial charge is 0.264 e. The summed E-state index contributed by atoms with van der Waals surface area (Å²) in [7, 11) is -2.52. The number of carbonyl (C=O) groups excluding carboxylic acids is 1. The van der Waals surface area contributed by atoms with Gasteiger partial charge in [-0.15, -0.1) is 0 Å². The standard InChI is InChI=1S/C25H26N2O4S/c1-19-14-15-24(31-2)23(17-19)27(32(29,30)21-11-4-3-5-12-21)18-25(28)26-16-8-10-20-9-6-7-13-22(20)26/h3-7,9,11-15,17H,8,10,16,18H2,1-2H3. The van der Waals surface area contributed by atoms with Crippen molar-refractivity contribution in [2.45, 2.75) is 24.7 Å². The lowest BCUT2D eigenvalue weighted by atomic mass is 10.0. The van der Waals surface area contributed by atoms with Crippen molar-refractivity contribution in [3.05, 3.63) is 83.9 Å². The van der Waals surface area contributed by atoms with E-state index in [1.54, 1.807) is 35.2 Å². The molecule has 0 unspecified atom stereocenters. The van der Waals surface area contributed by atoms with Crippen LogP contribution in [-0.4, -0.2) is 34.5 Å². The van der Waals surface area contributed by atoms with E-state index in [-0.39, 0.29) is 17.3 Å². The highest BCUT2D eigenvalue weighted by Gasteiger charge is 2.32. The molecule has 1 heterocycles. The van der Waals surface area contributed by atoms with Crippen LogP contribution in [0.25, 0.3) is 0 Å². The van der Waals surface area contributed by atoms with Crippen LogP contribution in [0.4, 0.5) is 11.4 Å². The Morgan fingerprint density at radius 2 is 1.75 bits per heavy atom. The third-order valence-corrected chi connectivity index (χ3v) is 7.40. The van der Waals surface area contributed by atoms with Gasteiger partial charge in [0.15, 0.2) is 0 Å². The van der Waals surface area contributed by atoms with Crippen LogP contribution < -0.4 is 13.9 Å². The number of anilines is 2. The lowest BCUT2D eigenvalue weighted by molar-refractivity contribution is -0.117. The maximum atomic E-state index is 13.7. The van der Waals surface area contributed by atoms with E-state index in [1.807, 2.05) is 37.3 Å². The van der Waals surface area contributed by atoms with E-state index in [0.29, 0.717) is 18.0 Å². The van der Waals surface area contributed by atoms with Gasteiger partial charge in [0, 0.05) is 12.2 Å². The molecule has 0 N–H and O–H groups in total. The van der Waals surface area contributed by atoms with Crippen molar-refractivity contribution in [1.29, 1.82) is 0 Å². The lowest BCUT2D eigenvalue weighted by Gasteiger charge is -2.32. The van der Waals surface area contributed by atoms with E-state index in [2.05, 4.69) is 0 Å². The molecule has 0 aliphatic carbocycles. The molecular formula is C25H26N2O4S. The first-order valence-electron chi connectivity index (χ1n) is 10.5. The predicted octanol–water partition coefficient (Wildman–Crippen LogP) is 4.18. The van der Waals surface area contributed by atoms with E-state index in [4.69, 9.17) is 4.74 Å². The number of carbonyl (C=O) groups is 1.